The molecule has 1 atom stereocenters. The molecule has 0 aliphatic carbocycles. The van der Waals surface area contributed by atoms with Crippen LogP contribution in [-0.2, 0) is 4.79 Å². The maximum absolute atomic E-state index is 12.3. The lowest BCUT2D eigenvalue weighted by molar-refractivity contribution is -0.124. The zero-order valence-electron chi connectivity index (χ0n) is 14.4. The number of ether oxygens (including phenoxy) is 2. The van der Waals surface area contributed by atoms with E-state index in [0.717, 1.165) is 34.6 Å². The van der Waals surface area contributed by atoms with Gasteiger partial charge in [0.2, 0.25) is 0 Å². The number of hydrogen-bond acceptors (Lipinski definition) is 3. The minimum Gasteiger partial charge on any atom is -0.493 e. The molecule has 2 aromatic carbocycles. The molecule has 4 nitrogen and oxygen atoms in total. The topological polar surface area (TPSA) is 47.6 Å². The van der Waals surface area contributed by atoms with E-state index in [9.17, 15) is 4.79 Å². The molecule has 1 heterocycles. The van der Waals surface area contributed by atoms with Gasteiger partial charge in [-0.3, -0.25) is 4.79 Å². The van der Waals surface area contributed by atoms with E-state index in [0.29, 0.717) is 6.61 Å². The molecule has 1 aliphatic rings. The maximum atomic E-state index is 12.3. The van der Waals surface area contributed by atoms with E-state index in [1.165, 1.54) is 5.56 Å². The monoisotopic (exact) mass is 325 g/mol. The molecule has 3 rings (SSSR count). The second-order valence-electron chi connectivity index (χ2n) is 6.33. The van der Waals surface area contributed by atoms with Crippen molar-refractivity contribution >= 4 is 5.91 Å². The summed E-state index contributed by atoms with van der Waals surface area (Å²) in [6.45, 7) is 6.75. The predicted molar refractivity (Wildman–Crippen MR) is 93.6 cm³/mol. The molecular weight excluding hydrogens is 302 g/mol. The van der Waals surface area contributed by atoms with Gasteiger partial charge < -0.3 is 14.8 Å². The van der Waals surface area contributed by atoms with Gasteiger partial charge in [-0.1, -0.05) is 23.8 Å². The number of nitrogens with one attached hydrogen (secondary N) is 1. The summed E-state index contributed by atoms with van der Waals surface area (Å²) >= 11 is 0. The summed E-state index contributed by atoms with van der Waals surface area (Å²) < 4.78 is 11.3. The van der Waals surface area contributed by atoms with Crippen molar-refractivity contribution in [2.75, 3.05) is 13.2 Å². The zero-order chi connectivity index (χ0) is 17.1. The fourth-order valence-corrected chi connectivity index (χ4v) is 2.85. The van der Waals surface area contributed by atoms with Crippen molar-refractivity contribution in [2.45, 2.75) is 33.2 Å². The molecule has 0 spiro atoms. The number of amides is 1. The van der Waals surface area contributed by atoms with E-state index in [2.05, 4.69) is 18.3 Å². The van der Waals surface area contributed by atoms with E-state index in [1.807, 2.05) is 44.2 Å². The lowest BCUT2D eigenvalue weighted by Crippen LogP contribution is -2.35. The number of aryl methyl sites for hydroxylation is 3. The first kappa shape index (κ1) is 16.4. The highest BCUT2D eigenvalue weighted by atomic mass is 16.5. The molecule has 0 fully saturated rings. The number of benzene rings is 2. The van der Waals surface area contributed by atoms with E-state index >= 15 is 0 Å². The van der Waals surface area contributed by atoms with Crippen molar-refractivity contribution < 1.29 is 14.3 Å². The Morgan fingerprint density at radius 2 is 2.00 bits per heavy atom. The second kappa shape index (κ2) is 6.95. The quantitative estimate of drug-likeness (QED) is 0.934. The molecule has 0 bridgehead atoms. The van der Waals surface area contributed by atoms with Gasteiger partial charge in [0.05, 0.1) is 12.6 Å². The minimum absolute atomic E-state index is 0.0149. The van der Waals surface area contributed by atoms with Crippen molar-refractivity contribution in [1.82, 2.24) is 5.32 Å². The molecule has 2 aromatic rings. The van der Waals surface area contributed by atoms with E-state index in [1.54, 1.807) is 0 Å². The molecule has 1 N–H and O–H groups in total. The Balaban J connectivity index is 1.61. The van der Waals surface area contributed by atoms with Crippen molar-refractivity contribution in [2.24, 2.45) is 0 Å². The average molecular weight is 325 g/mol. The number of carbonyl (C=O) groups excluding carboxylic acids is 1. The summed E-state index contributed by atoms with van der Waals surface area (Å²) in [4.78, 5) is 12.3. The third kappa shape index (κ3) is 3.70. The first-order chi connectivity index (χ1) is 11.5. The van der Waals surface area contributed by atoms with Crippen LogP contribution in [0.2, 0.25) is 0 Å². The van der Waals surface area contributed by atoms with Crippen LogP contribution in [0.3, 0.4) is 0 Å². The Kier molecular flexibility index (Phi) is 4.74. The Bertz CT molecular complexity index is 755. The molecule has 0 saturated carbocycles. The normalized spacial score (nSPS) is 16.0. The molecule has 1 unspecified atom stereocenters. The van der Waals surface area contributed by atoms with Crippen molar-refractivity contribution in [3.63, 3.8) is 0 Å². The summed E-state index contributed by atoms with van der Waals surface area (Å²) in [5, 5.41) is 3.05. The summed E-state index contributed by atoms with van der Waals surface area (Å²) in [5.41, 5.74) is 4.56. The molecule has 1 aliphatic heterocycles. The van der Waals surface area contributed by atoms with Crippen LogP contribution in [0.25, 0.3) is 0 Å². The van der Waals surface area contributed by atoms with Crippen molar-refractivity contribution in [3.05, 3.63) is 58.7 Å². The standard InChI is InChI=1S/C20H23NO3/c1-13-4-7-19-17(10-13)18(8-9-23-19)21-20(22)12-24-16-6-5-14(2)15(3)11-16/h4-7,10-11,18H,8-9,12H2,1-3H3,(H,21,22). The minimum atomic E-state index is -0.118. The van der Waals surface area contributed by atoms with E-state index < -0.39 is 0 Å². The summed E-state index contributed by atoms with van der Waals surface area (Å²) in [7, 11) is 0. The van der Waals surface area contributed by atoms with Crippen LogP contribution in [0.15, 0.2) is 36.4 Å². The highest BCUT2D eigenvalue weighted by molar-refractivity contribution is 5.78. The van der Waals surface area contributed by atoms with E-state index in [4.69, 9.17) is 9.47 Å². The second-order valence-corrected chi connectivity index (χ2v) is 6.33. The van der Waals surface area contributed by atoms with Crippen molar-refractivity contribution in [1.29, 1.82) is 0 Å². The molecule has 0 saturated heterocycles. The van der Waals surface area contributed by atoms with Crippen LogP contribution >= 0.6 is 0 Å². The summed E-state index contributed by atoms with van der Waals surface area (Å²) in [6, 6.07) is 11.9. The molecule has 4 heteroatoms. The number of fused-ring (bicyclic) bond motifs is 1. The number of carbonyl (C=O) groups is 1. The number of rotatable bonds is 4. The molecule has 126 valence electrons. The van der Waals surface area contributed by atoms with Gasteiger partial charge in [0.15, 0.2) is 6.61 Å². The van der Waals surface area contributed by atoms with Crippen LogP contribution < -0.4 is 14.8 Å². The lowest BCUT2D eigenvalue weighted by Gasteiger charge is -2.27. The van der Waals surface area contributed by atoms with Gasteiger partial charge in [0.25, 0.3) is 5.91 Å². The van der Waals surface area contributed by atoms with Crippen molar-refractivity contribution in [3.8, 4) is 11.5 Å². The SMILES string of the molecule is Cc1ccc2c(c1)C(NC(=O)COc1ccc(C)c(C)c1)CCO2. The van der Waals surface area contributed by atoms with Gasteiger partial charge in [0, 0.05) is 12.0 Å². The van der Waals surface area contributed by atoms with Crippen LogP contribution in [-0.4, -0.2) is 19.1 Å². The van der Waals surface area contributed by atoms with E-state index in [-0.39, 0.29) is 18.6 Å². The van der Waals surface area contributed by atoms with Gasteiger partial charge in [-0.15, -0.1) is 0 Å². The van der Waals surface area contributed by atoms with Gasteiger partial charge in [-0.05, 0) is 50.1 Å². The summed E-state index contributed by atoms with van der Waals surface area (Å²) in [5.74, 6) is 1.45. The molecule has 0 aromatic heterocycles. The molecule has 24 heavy (non-hydrogen) atoms. The molecular formula is C20H23NO3. The van der Waals surface area contributed by atoms with Gasteiger partial charge >= 0.3 is 0 Å². The summed E-state index contributed by atoms with van der Waals surface area (Å²) in [6.07, 6.45) is 0.770. The highest BCUT2D eigenvalue weighted by Crippen LogP contribution is 2.32. The Morgan fingerprint density at radius 1 is 1.17 bits per heavy atom. The Hall–Kier alpha value is -2.49. The first-order valence-electron chi connectivity index (χ1n) is 8.25. The molecule has 0 radical (unpaired) electrons. The van der Waals surface area contributed by atoms with Gasteiger partial charge in [0.1, 0.15) is 11.5 Å². The largest absolute Gasteiger partial charge is 0.493 e. The number of hydrogen-bond donors (Lipinski definition) is 1. The lowest BCUT2D eigenvalue weighted by atomic mass is 9.98. The van der Waals surface area contributed by atoms with Crippen LogP contribution in [0, 0.1) is 20.8 Å². The van der Waals surface area contributed by atoms with Gasteiger partial charge in [-0.25, -0.2) is 0 Å². The first-order valence-corrected chi connectivity index (χ1v) is 8.25. The smallest absolute Gasteiger partial charge is 0.258 e. The molecule has 1 amide bonds. The fourth-order valence-electron chi connectivity index (χ4n) is 2.85. The third-order valence-corrected chi connectivity index (χ3v) is 4.39. The maximum Gasteiger partial charge on any atom is 0.258 e. The average Bonchev–Trinajstić information content (AvgIpc) is 2.56. The highest BCUT2D eigenvalue weighted by Gasteiger charge is 2.23. The third-order valence-electron chi connectivity index (χ3n) is 4.39. The van der Waals surface area contributed by atoms with Crippen LogP contribution in [0.1, 0.15) is 34.7 Å². The Morgan fingerprint density at radius 3 is 2.79 bits per heavy atom. The van der Waals surface area contributed by atoms with Crippen LogP contribution in [0.5, 0.6) is 11.5 Å². The van der Waals surface area contributed by atoms with Gasteiger partial charge in [-0.2, -0.15) is 0 Å². The Labute approximate surface area is 142 Å². The fraction of sp³-hybridized carbons (Fsp3) is 0.350. The zero-order valence-corrected chi connectivity index (χ0v) is 14.4. The predicted octanol–water partition coefficient (Wildman–Crippen LogP) is 3.63. The van der Waals surface area contributed by atoms with Crippen LogP contribution in [0.4, 0.5) is 0 Å².